The van der Waals surface area contributed by atoms with Gasteiger partial charge in [-0.1, -0.05) is 282 Å². The molecule has 6 nitrogen and oxygen atoms in total. The zero-order valence-corrected chi connectivity index (χ0v) is 61.5. The summed E-state index contributed by atoms with van der Waals surface area (Å²) in [6.45, 7) is 9.34. The van der Waals surface area contributed by atoms with Crippen LogP contribution in [0.2, 0.25) is 0 Å². The van der Waals surface area contributed by atoms with Crippen LogP contribution in [-0.4, -0.2) is 0 Å². The van der Waals surface area contributed by atoms with Crippen molar-refractivity contribution in [3.05, 3.63) is 338 Å². The number of furan rings is 6. The van der Waals surface area contributed by atoms with Gasteiger partial charge in [0.1, 0.15) is 67.0 Å². The maximum absolute atomic E-state index is 6.99. The summed E-state index contributed by atoms with van der Waals surface area (Å²) in [5.74, 6) is 0. The smallest absolute Gasteiger partial charge is 0.143 e. The number of rotatable bonds is 4. The molecular formula is C106H64O6. The first-order valence-corrected chi connectivity index (χ1v) is 38.7. The molecule has 524 valence electrons. The highest BCUT2D eigenvalue weighted by atomic mass is 16.4. The van der Waals surface area contributed by atoms with Gasteiger partial charge in [-0.3, -0.25) is 0 Å². The predicted octanol–water partition coefficient (Wildman–Crippen LogP) is 30.7. The molecule has 0 atom stereocenters. The van der Waals surface area contributed by atoms with Gasteiger partial charge in [-0.25, -0.2) is 0 Å². The van der Waals surface area contributed by atoms with Crippen molar-refractivity contribution < 1.29 is 26.5 Å². The molecule has 0 saturated carbocycles. The molecule has 0 aliphatic heterocycles. The summed E-state index contributed by atoms with van der Waals surface area (Å²) in [5, 5.41) is 22.8. The van der Waals surface area contributed by atoms with Crippen molar-refractivity contribution in [2.24, 2.45) is 0 Å². The fourth-order valence-electron chi connectivity index (χ4n) is 20.5. The zero-order chi connectivity index (χ0) is 73.7. The molecule has 6 heterocycles. The molecule has 2 aliphatic rings. The fourth-order valence-corrected chi connectivity index (χ4v) is 20.5. The lowest BCUT2D eigenvalue weighted by atomic mass is 9.82. The number of hydrogen-bond donors (Lipinski definition) is 0. The van der Waals surface area contributed by atoms with E-state index in [1.54, 1.807) is 0 Å². The second kappa shape index (κ2) is 22.3. The maximum atomic E-state index is 6.99. The van der Waals surface area contributed by atoms with Crippen molar-refractivity contribution in [1.82, 2.24) is 0 Å². The van der Waals surface area contributed by atoms with E-state index >= 15 is 0 Å². The summed E-state index contributed by atoms with van der Waals surface area (Å²) in [4.78, 5) is 0. The lowest BCUT2D eigenvalue weighted by Crippen LogP contribution is -2.14. The second-order valence-electron chi connectivity index (χ2n) is 31.7. The average Bonchev–Trinajstić information content (AvgIpc) is 1.51. The highest BCUT2D eigenvalue weighted by Crippen LogP contribution is 2.58. The lowest BCUT2D eigenvalue weighted by molar-refractivity contribution is 0.656. The first-order chi connectivity index (χ1) is 55.1. The Morgan fingerprint density at radius 2 is 0.446 bits per heavy atom. The largest absolute Gasteiger partial charge is 0.456 e. The Labute approximate surface area is 640 Å². The van der Waals surface area contributed by atoms with Crippen LogP contribution in [0, 0.1) is 0 Å². The Hall–Kier alpha value is -14.2. The molecule has 0 radical (unpaired) electrons. The molecule has 2 aliphatic carbocycles. The Morgan fingerprint density at radius 3 is 0.848 bits per heavy atom. The van der Waals surface area contributed by atoms with Crippen molar-refractivity contribution in [2.75, 3.05) is 0 Å². The minimum Gasteiger partial charge on any atom is -0.456 e. The van der Waals surface area contributed by atoms with Gasteiger partial charge in [-0.2, -0.15) is 0 Å². The van der Waals surface area contributed by atoms with Crippen LogP contribution in [-0.2, 0) is 10.8 Å². The number of para-hydroxylation sites is 5. The Balaban J connectivity index is 0.000000127. The van der Waals surface area contributed by atoms with Gasteiger partial charge in [0.25, 0.3) is 0 Å². The van der Waals surface area contributed by atoms with Gasteiger partial charge in [0.2, 0.25) is 0 Å². The highest BCUT2D eigenvalue weighted by molar-refractivity contribution is 6.32. The van der Waals surface area contributed by atoms with Gasteiger partial charge in [0.15, 0.2) is 0 Å². The lowest BCUT2D eigenvalue weighted by Gasteiger charge is -2.21. The summed E-state index contributed by atoms with van der Waals surface area (Å²) in [6.07, 6.45) is 0. The summed E-state index contributed by atoms with van der Waals surface area (Å²) in [5.41, 5.74) is 30.1. The van der Waals surface area contributed by atoms with Crippen molar-refractivity contribution in [1.29, 1.82) is 0 Å². The van der Waals surface area contributed by atoms with E-state index < -0.39 is 0 Å². The Morgan fingerprint density at radius 1 is 0.170 bits per heavy atom. The van der Waals surface area contributed by atoms with Crippen LogP contribution < -0.4 is 0 Å². The van der Waals surface area contributed by atoms with Crippen LogP contribution in [0.5, 0.6) is 0 Å². The molecule has 24 aromatic rings. The first-order valence-electron chi connectivity index (χ1n) is 38.7. The van der Waals surface area contributed by atoms with Crippen molar-refractivity contribution in [3.8, 4) is 66.8 Å². The van der Waals surface area contributed by atoms with Gasteiger partial charge >= 0.3 is 0 Å². The average molecular weight is 1430 g/mol. The third-order valence-electron chi connectivity index (χ3n) is 25.4. The van der Waals surface area contributed by atoms with E-state index in [0.717, 1.165) is 159 Å². The minimum absolute atomic E-state index is 0.0885. The van der Waals surface area contributed by atoms with Crippen LogP contribution in [0.15, 0.2) is 342 Å². The normalized spacial score (nSPS) is 13.7. The molecule has 0 unspecified atom stereocenters. The monoisotopic (exact) mass is 1430 g/mol. The van der Waals surface area contributed by atoms with E-state index in [9.17, 15) is 0 Å². The Bertz CT molecular complexity index is 8220. The Kier molecular flexibility index (Phi) is 12.3. The SMILES string of the molecule is CC1(C)c2ccccc2-c2c1ccc1oc3c(-c4c5ccccc5c(-c5ccc6c(c5)oc5ccc7oc8ccccc8c7c56)c5ccccc45)cccc3c21.CC1(C)c2ccccc2-c2c1ccc1oc3c(-c4c5ccccc5c(-c5cccc6c5oc5ccc7oc8ccccc8c7c56)c5ccccc45)cccc3c21. The summed E-state index contributed by atoms with van der Waals surface area (Å²) >= 11 is 0. The van der Waals surface area contributed by atoms with Gasteiger partial charge in [-0.05, 0) is 159 Å². The molecule has 18 aromatic carbocycles. The molecule has 0 N–H and O–H groups in total. The van der Waals surface area contributed by atoms with Crippen LogP contribution in [0.25, 0.3) is 241 Å². The first kappa shape index (κ1) is 61.8. The molecule has 6 aromatic heterocycles. The highest BCUT2D eigenvalue weighted by Gasteiger charge is 2.40. The van der Waals surface area contributed by atoms with Gasteiger partial charge < -0.3 is 26.5 Å². The number of benzene rings is 18. The van der Waals surface area contributed by atoms with Gasteiger partial charge in [0, 0.05) is 109 Å². The van der Waals surface area contributed by atoms with Crippen LogP contribution in [0.1, 0.15) is 49.9 Å². The molecule has 0 amide bonds. The number of hydrogen-bond acceptors (Lipinski definition) is 6. The van der Waals surface area contributed by atoms with Crippen LogP contribution in [0.4, 0.5) is 0 Å². The summed E-state index contributed by atoms with van der Waals surface area (Å²) < 4.78 is 40.1. The molecule has 0 spiro atoms. The van der Waals surface area contributed by atoms with Gasteiger partial charge in [-0.15, -0.1) is 0 Å². The predicted molar refractivity (Wildman–Crippen MR) is 463 cm³/mol. The van der Waals surface area contributed by atoms with Crippen LogP contribution in [0.3, 0.4) is 0 Å². The molecule has 0 saturated heterocycles. The van der Waals surface area contributed by atoms with Gasteiger partial charge in [0.05, 0.1) is 0 Å². The van der Waals surface area contributed by atoms with E-state index in [1.165, 1.54) is 104 Å². The van der Waals surface area contributed by atoms with Crippen molar-refractivity contribution >= 4 is 175 Å². The minimum atomic E-state index is -0.0927. The third kappa shape index (κ3) is 8.16. The van der Waals surface area contributed by atoms with Crippen molar-refractivity contribution in [2.45, 2.75) is 38.5 Å². The number of fused-ring (bicyclic) bond motifs is 32. The van der Waals surface area contributed by atoms with Crippen LogP contribution >= 0.6 is 0 Å². The van der Waals surface area contributed by atoms with E-state index in [0.29, 0.717) is 0 Å². The maximum Gasteiger partial charge on any atom is 0.143 e. The molecule has 0 bridgehead atoms. The standard InChI is InChI=1S/2C53H32O3/c1-53(2)39-23-9-7-17-33(39)47-40(53)25-26-43-49(47)37-21-11-19-35(51(37)55-43)45-29-13-3-5-15-31(29)46(32-16-6-4-14-30(32)45)36-20-12-22-38-50-44(56-52(36)38)28-27-42-48(50)34-18-8-10-24-41(34)54-42;1-53(2)39-20-9-7-16-34(39)48-40(53)24-25-44-51(48)38-19-11-18-37(52(38)56-44)47-32-14-5-3-12-30(32)46(31-13-4-6-15-33(31)47)29-22-23-36-45(28-29)55-43-27-26-42-49(50(36)43)35-17-8-10-21-41(35)54-42/h2*3-28H,1-2H3. The molecule has 26 rings (SSSR count). The topological polar surface area (TPSA) is 78.8 Å². The van der Waals surface area contributed by atoms with E-state index in [2.05, 4.69) is 295 Å². The molecule has 6 heteroatoms. The second-order valence-corrected chi connectivity index (χ2v) is 31.7. The summed E-state index contributed by atoms with van der Waals surface area (Å²) in [7, 11) is 0. The molecular weight excluding hydrogens is 1370 g/mol. The third-order valence-corrected chi connectivity index (χ3v) is 25.4. The van der Waals surface area contributed by atoms with E-state index in [1.807, 2.05) is 48.5 Å². The van der Waals surface area contributed by atoms with E-state index in [4.69, 9.17) is 26.5 Å². The molecule has 0 fully saturated rings. The van der Waals surface area contributed by atoms with E-state index in [-0.39, 0.29) is 10.8 Å². The van der Waals surface area contributed by atoms with Crippen molar-refractivity contribution in [3.63, 3.8) is 0 Å². The zero-order valence-electron chi connectivity index (χ0n) is 61.5. The summed E-state index contributed by atoms with van der Waals surface area (Å²) in [6, 6.07) is 113. The fraction of sp³-hybridized carbons (Fsp3) is 0.0566. The quantitative estimate of drug-likeness (QED) is 0.163. The molecule has 112 heavy (non-hydrogen) atoms.